The number of hydrogen-bond donors (Lipinski definition) is 6. The fourth-order valence-electron chi connectivity index (χ4n) is 2.39. The third kappa shape index (κ3) is 2.64. The van der Waals surface area contributed by atoms with Crippen LogP contribution in [0.4, 0.5) is 0 Å². The van der Waals surface area contributed by atoms with Crippen LogP contribution >= 0.6 is 0 Å². The summed E-state index contributed by atoms with van der Waals surface area (Å²) in [6.45, 7) is 0. The molecule has 0 aliphatic heterocycles. The van der Waals surface area contributed by atoms with Gasteiger partial charge in [-0.25, -0.2) is 0 Å². The molecule has 0 spiro atoms. The van der Waals surface area contributed by atoms with E-state index in [-0.39, 0.29) is 11.1 Å². The summed E-state index contributed by atoms with van der Waals surface area (Å²) in [4.78, 5) is 11.2. The van der Waals surface area contributed by atoms with E-state index in [9.17, 15) is 38.7 Å². The summed E-state index contributed by atoms with van der Waals surface area (Å²) in [5.41, 5.74) is -1.83. The van der Waals surface area contributed by atoms with Crippen molar-refractivity contribution in [3.63, 3.8) is 0 Å². The Balaban J connectivity index is 2.42. The van der Waals surface area contributed by atoms with Crippen LogP contribution in [0.2, 0.25) is 0 Å². The Morgan fingerprint density at radius 2 is 1.50 bits per heavy atom. The molecule has 1 heterocycles. The molecule has 0 fully saturated rings. The quantitative estimate of drug-likeness (QED) is 0.278. The second-order valence-electron chi connectivity index (χ2n) is 5.26. The maximum absolute atomic E-state index is 12.3. The summed E-state index contributed by atoms with van der Waals surface area (Å²) in [7, 11) is -4.96. The molecule has 0 atom stereocenters. The highest BCUT2D eigenvalue weighted by Gasteiger charge is 2.24. The Bertz CT molecular complexity index is 1220. The highest BCUT2D eigenvalue weighted by Crippen LogP contribution is 2.40. The zero-order valence-corrected chi connectivity index (χ0v) is 13.4. The number of fused-ring (bicyclic) bond motifs is 1. The maximum atomic E-state index is 12.3. The molecule has 1 aromatic heterocycles. The SMILES string of the molecule is O=c1c(O)c(-c2cc(O)c(O)c(S(=O)(=O)O)c2)oc2cc(O)cc(O)c12. The second-order valence-corrected chi connectivity index (χ2v) is 6.65. The minimum absolute atomic E-state index is 0.346. The predicted molar refractivity (Wildman–Crippen MR) is 86.1 cm³/mol. The third-order valence-electron chi connectivity index (χ3n) is 3.53. The monoisotopic (exact) mass is 382 g/mol. The highest BCUT2D eigenvalue weighted by molar-refractivity contribution is 7.86. The molecule has 11 heteroatoms. The number of rotatable bonds is 2. The zero-order valence-electron chi connectivity index (χ0n) is 12.5. The molecule has 0 aliphatic rings. The van der Waals surface area contributed by atoms with Crippen molar-refractivity contribution in [2.45, 2.75) is 4.90 Å². The van der Waals surface area contributed by atoms with Crippen LogP contribution in [-0.2, 0) is 10.1 Å². The summed E-state index contributed by atoms with van der Waals surface area (Å²) in [6, 6.07) is 3.23. The summed E-state index contributed by atoms with van der Waals surface area (Å²) in [5, 5.41) is 48.1. The van der Waals surface area contributed by atoms with Crippen molar-refractivity contribution in [3.05, 3.63) is 34.5 Å². The first-order chi connectivity index (χ1) is 12.0. The van der Waals surface area contributed by atoms with Gasteiger partial charge >= 0.3 is 0 Å². The number of phenols is 4. The third-order valence-corrected chi connectivity index (χ3v) is 4.40. The van der Waals surface area contributed by atoms with Crippen LogP contribution in [-0.4, -0.2) is 38.5 Å². The van der Waals surface area contributed by atoms with Crippen molar-refractivity contribution in [2.24, 2.45) is 0 Å². The van der Waals surface area contributed by atoms with Crippen molar-refractivity contribution >= 4 is 21.1 Å². The highest BCUT2D eigenvalue weighted by atomic mass is 32.2. The van der Waals surface area contributed by atoms with Gasteiger partial charge in [-0.2, -0.15) is 8.42 Å². The molecule has 0 saturated heterocycles. The van der Waals surface area contributed by atoms with Crippen LogP contribution < -0.4 is 5.43 Å². The topological polar surface area (TPSA) is 186 Å². The van der Waals surface area contributed by atoms with Gasteiger partial charge in [-0.15, -0.1) is 0 Å². The fraction of sp³-hybridized carbons (Fsp3) is 0. The van der Waals surface area contributed by atoms with Gasteiger partial charge in [0, 0.05) is 17.7 Å². The van der Waals surface area contributed by atoms with Crippen LogP contribution in [0.1, 0.15) is 0 Å². The molecule has 0 unspecified atom stereocenters. The van der Waals surface area contributed by atoms with Crippen molar-refractivity contribution in [1.29, 1.82) is 0 Å². The van der Waals surface area contributed by atoms with Gasteiger partial charge in [0.1, 0.15) is 27.4 Å². The van der Waals surface area contributed by atoms with E-state index >= 15 is 0 Å². The van der Waals surface area contributed by atoms with E-state index in [0.717, 1.165) is 18.2 Å². The lowest BCUT2D eigenvalue weighted by Gasteiger charge is -2.10. The van der Waals surface area contributed by atoms with Crippen molar-refractivity contribution in [2.75, 3.05) is 0 Å². The minimum atomic E-state index is -4.96. The lowest BCUT2D eigenvalue weighted by molar-refractivity contribution is 0.388. The zero-order chi connectivity index (χ0) is 19.4. The van der Waals surface area contributed by atoms with E-state index in [1.54, 1.807) is 0 Å². The second kappa shape index (κ2) is 5.54. The molecular weight excluding hydrogens is 372 g/mol. The van der Waals surface area contributed by atoms with Crippen LogP contribution in [0.3, 0.4) is 0 Å². The molecule has 26 heavy (non-hydrogen) atoms. The summed E-state index contributed by atoms with van der Waals surface area (Å²) >= 11 is 0. The van der Waals surface area contributed by atoms with Crippen LogP contribution in [0.25, 0.3) is 22.3 Å². The van der Waals surface area contributed by atoms with Crippen LogP contribution in [0.15, 0.2) is 38.4 Å². The Labute approximate surface area is 144 Å². The first-order valence-corrected chi connectivity index (χ1v) is 8.20. The van der Waals surface area contributed by atoms with Crippen molar-refractivity contribution < 1.29 is 42.9 Å². The first-order valence-electron chi connectivity index (χ1n) is 6.76. The molecule has 10 nitrogen and oxygen atoms in total. The van der Waals surface area contributed by atoms with E-state index in [1.165, 1.54) is 0 Å². The van der Waals surface area contributed by atoms with Crippen molar-refractivity contribution in [1.82, 2.24) is 0 Å². The molecule has 0 bridgehead atoms. The van der Waals surface area contributed by atoms with E-state index in [4.69, 9.17) is 8.97 Å². The number of hydrogen-bond acceptors (Lipinski definition) is 9. The molecule has 2 aromatic carbocycles. The summed E-state index contributed by atoms with van der Waals surface area (Å²) in [5.74, 6) is -4.91. The van der Waals surface area contributed by atoms with Crippen molar-refractivity contribution in [3.8, 4) is 40.1 Å². The Morgan fingerprint density at radius 1 is 0.846 bits per heavy atom. The Kier molecular flexibility index (Phi) is 3.70. The lowest BCUT2D eigenvalue weighted by Crippen LogP contribution is -2.04. The molecular formula is C15H10O10S. The predicted octanol–water partition coefficient (Wildman–Crippen LogP) is 1.23. The standard InChI is InChI=1S/C15H10O10S/c16-6-3-7(17)11-9(4-6)25-15(14(21)13(11)20)5-1-8(18)12(19)10(2-5)26(22,23)24/h1-4,16-19,21H,(H,22,23,24). The number of benzene rings is 2. The van der Waals surface area contributed by atoms with E-state index in [0.29, 0.717) is 6.07 Å². The Hall–Kier alpha value is -3.44. The summed E-state index contributed by atoms with van der Waals surface area (Å²) < 4.78 is 37.0. The smallest absolute Gasteiger partial charge is 0.298 e. The van der Waals surface area contributed by atoms with E-state index in [1.807, 2.05) is 0 Å². The molecule has 136 valence electrons. The van der Waals surface area contributed by atoms with Gasteiger partial charge in [0.15, 0.2) is 17.3 Å². The van der Waals surface area contributed by atoms with Gasteiger partial charge in [0.05, 0.1) is 0 Å². The lowest BCUT2D eigenvalue weighted by atomic mass is 10.1. The molecule has 0 aliphatic carbocycles. The van der Waals surface area contributed by atoms with Crippen LogP contribution in [0, 0.1) is 0 Å². The molecule has 3 aromatic rings. The molecule has 0 saturated carbocycles. The largest absolute Gasteiger partial charge is 0.508 e. The van der Waals surface area contributed by atoms with Crippen LogP contribution in [0.5, 0.6) is 28.7 Å². The molecule has 6 N–H and O–H groups in total. The molecule has 0 amide bonds. The van der Waals surface area contributed by atoms with E-state index in [2.05, 4.69) is 0 Å². The maximum Gasteiger partial charge on any atom is 0.298 e. The molecule has 3 rings (SSSR count). The van der Waals surface area contributed by atoms with Gasteiger partial charge in [0.2, 0.25) is 11.2 Å². The summed E-state index contributed by atoms with van der Waals surface area (Å²) in [6.07, 6.45) is 0. The Morgan fingerprint density at radius 3 is 2.12 bits per heavy atom. The fourth-order valence-corrected chi connectivity index (χ4v) is 3.02. The average molecular weight is 382 g/mol. The van der Waals surface area contributed by atoms with Gasteiger partial charge < -0.3 is 29.9 Å². The van der Waals surface area contributed by atoms with E-state index < -0.39 is 60.3 Å². The minimum Gasteiger partial charge on any atom is -0.508 e. The number of phenolic OH excluding ortho intramolecular Hbond substituents is 4. The normalized spacial score (nSPS) is 11.7. The number of aromatic hydroxyl groups is 5. The average Bonchev–Trinajstić information content (AvgIpc) is 2.51. The van der Waals surface area contributed by atoms with Gasteiger partial charge in [-0.1, -0.05) is 0 Å². The van der Waals surface area contributed by atoms with Gasteiger partial charge in [0.25, 0.3) is 10.1 Å². The van der Waals surface area contributed by atoms with Gasteiger partial charge in [-0.05, 0) is 12.1 Å². The van der Waals surface area contributed by atoms with Gasteiger partial charge in [-0.3, -0.25) is 9.35 Å². The first kappa shape index (κ1) is 17.4. The molecule has 0 radical (unpaired) electrons.